The number of hydrogen-bond acceptors (Lipinski definition) is 4. The van der Waals surface area contributed by atoms with Crippen molar-refractivity contribution in [2.45, 2.75) is 31.7 Å². The fourth-order valence-electron chi connectivity index (χ4n) is 2.63. The van der Waals surface area contributed by atoms with Crippen LogP contribution >= 0.6 is 11.8 Å². The lowest BCUT2D eigenvalue weighted by atomic mass is 10.1. The van der Waals surface area contributed by atoms with E-state index in [0.717, 1.165) is 17.0 Å². The van der Waals surface area contributed by atoms with E-state index >= 15 is 0 Å². The third-order valence-corrected chi connectivity index (χ3v) is 5.06. The Morgan fingerprint density at radius 1 is 1.28 bits per heavy atom. The highest BCUT2D eigenvalue weighted by atomic mass is 32.2. The minimum atomic E-state index is -0.215. The van der Waals surface area contributed by atoms with Crippen LogP contribution < -0.4 is 10.2 Å². The molecule has 3 rings (SSSR count). The molecule has 1 aliphatic rings. The van der Waals surface area contributed by atoms with Gasteiger partial charge in [0.15, 0.2) is 5.76 Å². The molecule has 0 fully saturated rings. The number of para-hydroxylation sites is 1. The fourth-order valence-corrected chi connectivity index (χ4v) is 3.57. The number of nitrogens with one attached hydrogen (secondary N) is 1. The molecule has 2 aromatic rings. The Labute approximate surface area is 151 Å². The number of hydrogen-bond donors (Lipinski definition) is 1. The van der Waals surface area contributed by atoms with Gasteiger partial charge in [-0.05, 0) is 36.6 Å². The number of benzene rings is 1. The number of nitrogens with zero attached hydrogens (tertiary/aromatic N) is 1. The Kier molecular flexibility index (Phi) is 5.48. The number of furan rings is 1. The molecule has 0 atom stereocenters. The zero-order valence-electron chi connectivity index (χ0n) is 14.5. The first-order valence-corrected chi connectivity index (χ1v) is 9.42. The number of rotatable bonds is 6. The van der Waals surface area contributed by atoms with Crippen molar-refractivity contribution in [2.75, 3.05) is 17.2 Å². The summed E-state index contributed by atoms with van der Waals surface area (Å²) in [6.07, 6.45) is 0.927. The van der Waals surface area contributed by atoms with Crippen LogP contribution in [0.2, 0.25) is 0 Å². The van der Waals surface area contributed by atoms with Crippen LogP contribution in [0, 0.1) is 5.92 Å². The molecule has 0 saturated heterocycles. The topological polar surface area (TPSA) is 62.6 Å². The molecule has 2 heterocycles. The second kappa shape index (κ2) is 7.78. The van der Waals surface area contributed by atoms with E-state index in [1.165, 1.54) is 0 Å². The molecule has 0 bridgehead atoms. The normalized spacial score (nSPS) is 13.9. The van der Waals surface area contributed by atoms with Gasteiger partial charge in [-0.15, -0.1) is 11.8 Å². The van der Waals surface area contributed by atoms with Gasteiger partial charge in [0, 0.05) is 11.4 Å². The SMILES string of the molecule is CC(C)CCNC(=O)c1ccc(CN2C(=O)CSc3ccccc32)o1. The molecular formula is C19H22N2O3S. The first kappa shape index (κ1) is 17.6. The van der Waals surface area contributed by atoms with E-state index in [0.29, 0.717) is 30.5 Å². The maximum Gasteiger partial charge on any atom is 0.286 e. The Morgan fingerprint density at radius 2 is 2.08 bits per heavy atom. The molecule has 0 aliphatic carbocycles. The summed E-state index contributed by atoms with van der Waals surface area (Å²) in [5.41, 5.74) is 0.892. The predicted molar refractivity (Wildman–Crippen MR) is 98.9 cm³/mol. The maximum absolute atomic E-state index is 12.3. The van der Waals surface area contributed by atoms with Gasteiger partial charge in [-0.1, -0.05) is 26.0 Å². The molecule has 1 aromatic carbocycles. The molecule has 1 aliphatic heterocycles. The summed E-state index contributed by atoms with van der Waals surface area (Å²) < 4.78 is 5.66. The second-order valence-corrected chi connectivity index (χ2v) is 7.46. The molecule has 132 valence electrons. The van der Waals surface area contributed by atoms with Crippen molar-refractivity contribution in [2.24, 2.45) is 5.92 Å². The molecule has 0 radical (unpaired) electrons. The summed E-state index contributed by atoms with van der Waals surface area (Å²) >= 11 is 1.55. The number of carbonyl (C=O) groups excluding carboxylic acids is 2. The van der Waals surface area contributed by atoms with Crippen LogP contribution in [0.1, 0.15) is 36.6 Å². The zero-order chi connectivity index (χ0) is 17.8. The first-order chi connectivity index (χ1) is 12.0. The third-order valence-electron chi connectivity index (χ3n) is 4.01. The average Bonchev–Trinajstić information content (AvgIpc) is 3.06. The quantitative estimate of drug-likeness (QED) is 0.855. The third kappa shape index (κ3) is 4.25. The van der Waals surface area contributed by atoms with Gasteiger partial charge < -0.3 is 14.6 Å². The maximum atomic E-state index is 12.3. The average molecular weight is 358 g/mol. The minimum absolute atomic E-state index is 0.0445. The molecule has 1 N–H and O–H groups in total. The lowest BCUT2D eigenvalue weighted by molar-refractivity contribution is -0.116. The molecule has 1 aromatic heterocycles. The van der Waals surface area contributed by atoms with E-state index in [9.17, 15) is 9.59 Å². The van der Waals surface area contributed by atoms with Crippen LogP contribution in [-0.4, -0.2) is 24.1 Å². The molecule has 0 unspecified atom stereocenters. The molecule has 5 nitrogen and oxygen atoms in total. The largest absolute Gasteiger partial charge is 0.454 e. The number of anilines is 1. The Hall–Kier alpha value is -2.21. The highest BCUT2D eigenvalue weighted by Gasteiger charge is 2.25. The van der Waals surface area contributed by atoms with E-state index in [-0.39, 0.29) is 17.6 Å². The Balaban J connectivity index is 1.67. The van der Waals surface area contributed by atoms with Crippen LogP contribution in [0.25, 0.3) is 0 Å². The highest BCUT2D eigenvalue weighted by Crippen LogP contribution is 2.35. The monoisotopic (exact) mass is 358 g/mol. The summed E-state index contributed by atoms with van der Waals surface area (Å²) in [6, 6.07) is 11.2. The Morgan fingerprint density at radius 3 is 2.88 bits per heavy atom. The van der Waals surface area contributed by atoms with Crippen LogP contribution in [0.3, 0.4) is 0 Å². The zero-order valence-corrected chi connectivity index (χ0v) is 15.3. The van der Waals surface area contributed by atoms with Crippen LogP contribution in [0.5, 0.6) is 0 Å². The first-order valence-electron chi connectivity index (χ1n) is 8.43. The van der Waals surface area contributed by atoms with Crippen molar-refractivity contribution in [3.8, 4) is 0 Å². The summed E-state index contributed by atoms with van der Waals surface area (Å²) in [4.78, 5) is 27.2. The van der Waals surface area contributed by atoms with Gasteiger partial charge in [0.05, 0.1) is 18.0 Å². The highest BCUT2D eigenvalue weighted by molar-refractivity contribution is 8.00. The van der Waals surface area contributed by atoms with Crippen molar-refractivity contribution < 1.29 is 14.0 Å². The van der Waals surface area contributed by atoms with Gasteiger partial charge in [-0.2, -0.15) is 0 Å². The predicted octanol–water partition coefficient (Wildman–Crippen LogP) is 3.69. The van der Waals surface area contributed by atoms with Gasteiger partial charge in [-0.3, -0.25) is 9.59 Å². The lowest BCUT2D eigenvalue weighted by Crippen LogP contribution is -2.34. The van der Waals surface area contributed by atoms with Crippen molar-refractivity contribution in [3.63, 3.8) is 0 Å². The van der Waals surface area contributed by atoms with Crippen LogP contribution in [-0.2, 0) is 11.3 Å². The second-order valence-electron chi connectivity index (χ2n) is 6.44. The molecule has 25 heavy (non-hydrogen) atoms. The van der Waals surface area contributed by atoms with Gasteiger partial charge in [0.2, 0.25) is 5.91 Å². The summed E-state index contributed by atoms with van der Waals surface area (Å²) in [5, 5.41) is 2.86. The molecular weight excluding hydrogens is 336 g/mol. The van der Waals surface area contributed by atoms with Crippen molar-refractivity contribution >= 4 is 29.3 Å². The standard InChI is InChI=1S/C19H22N2O3S/c1-13(2)9-10-20-19(23)16-8-7-14(24-16)11-21-15-5-3-4-6-17(15)25-12-18(21)22/h3-8,13H,9-12H2,1-2H3,(H,20,23). The number of fused-ring (bicyclic) bond motifs is 1. The number of thioether (sulfide) groups is 1. The van der Waals surface area contributed by atoms with E-state index < -0.39 is 0 Å². The van der Waals surface area contributed by atoms with E-state index in [4.69, 9.17) is 4.42 Å². The van der Waals surface area contributed by atoms with Gasteiger partial charge >= 0.3 is 0 Å². The van der Waals surface area contributed by atoms with Crippen molar-refractivity contribution in [3.05, 3.63) is 47.9 Å². The molecule has 0 saturated carbocycles. The Bertz CT molecular complexity index is 770. The lowest BCUT2D eigenvalue weighted by Gasteiger charge is -2.28. The summed E-state index contributed by atoms with van der Waals surface area (Å²) in [6.45, 7) is 5.18. The van der Waals surface area contributed by atoms with Crippen molar-refractivity contribution in [1.82, 2.24) is 5.32 Å². The number of carbonyl (C=O) groups is 2. The van der Waals surface area contributed by atoms with Gasteiger partial charge in [-0.25, -0.2) is 0 Å². The smallest absolute Gasteiger partial charge is 0.286 e. The van der Waals surface area contributed by atoms with Gasteiger partial charge in [0.25, 0.3) is 5.91 Å². The van der Waals surface area contributed by atoms with Crippen LogP contribution in [0.15, 0.2) is 45.7 Å². The molecule has 2 amide bonds. The van der Waals surface area contributed by atoms with Crippen molar-refractivity contribution in [1.29, 1.82) is 0 Å². The van der Waals surface area contributed by atoms with E-state index in [2.05, 4.69) is 19.2 Å². The minimum Gasteiger partial charge on any atom is -0.454 e. The van der Waals surface area contributed by atoms with Gasteiger partial charge in [0.1, 0.15) is 5.76 Å². The van der Waals surface area contributed by atoms with Crippen LogP contribution in [0.4, 0.5) is 5.69 Å². The number of amides is 2. The molecule has 6 heteroatoms. The summed E-state index contributed by atoms with van der Waals surface area (Å²) in [7, 11) is 0. The summed E-state index contributed by atoms with van der Waals surface area (Å²) in [5.74, 6) is 1.67. The van der Waals surface area contributed by atoms with E-state index in [1.807, 2.05) is 24.3 Å². The van der Waals surface area contributed by atoms with E-state index in [1.54, 1.807) is 28.8 Å². The fraction of sp³-hybridized carbons (Fsp3) is 0.368. The molecule has 0 spiro atoms.